The predicted octanol–water partition coefficient (Wildman–Crippen LogP) is 2.27. The minimum Gasteiger partial charge on any atom is -0.373 e. The van der Waals surface area contributed by atoms with Crippen LogP contribution < -0.4 is 5.32 Å². The molecule has 0 aliphatic carbocycles. The van der Waals surface area contributed by atoms with E-state index in [9.17, 15) is 4.79 Å². The van der Waals surface area contributed by atoms with E-state index in [-0.39, 0.29) is 5.91 Å². The van der Waals surface area contributed by atoms with Crippen LogP contribution in [-0.2, 0) is 6.54 Å². The molecule has 2 aromatic rings. The molecule has 1 aromatic carbocycles. The van der Waals surface area contributed by atoms with E-state index < -0.39 is 0 Å². The zero-order valence-corrected chi connectivity index (χ0v) is 12.0. The summed E-state index contributed by atoms with van der Waals surface area (Å²) in [4.78, 5) is 18.2. The van der Waals surface area contributed by atoms with E-state index in [0.717, 1.165) is 5.56 Å². The molecule has 0 saturated heterocycles. The first-order valence-electron chi connectivity index (χ1n) is 6.53. The zero-order chi connectivity index (χ0) is 15.2. The van der Waals surface area contributed by atoms with Crippen LogP contribution in [-0.4, -0.2) is 29.9 Å². The Balaban J connectivity index is 2.13. The second kappa shape index (κ2) is 6.53. The number of nitriles is 1. The molecule has 5 nitrogen and oxygen atoms in total. The van der Waals surface area contributed by atoms with Gasteiger partial charge in [-0.3, -0.25) is 4.79 Å². The van der Waals surface area contributed by atoms with Crippen molar-refractivity contribution in [2.45, 2.75) is 6.54 Å². The van der Waals surface area contributed by atoms with Gasteiger partial charge in [0.05, 0.1) is 11.6 Å². The van der Waals surface area contributed by atoms with Crippen LogP contribution in [0.2, 0.25) is 0 Å². The molecular formula is C16H16N4O. The summed E-state index contributed by atoms with van der Waals surface area (Å²) in [7, 11) is 3.48. The average molecular weight is 280 g/mol. The molecule has 0 spiro atoms. The van der Waals surface area contributed by atoms with Crippen molar-refractivity contribution in [2.75, 3.05) is 19.4 Å². The standard InChI is InChI=1S/C16H16N4O/c1-18-15-8-4-7-14(19-15)16(21)20(2)11-13-6-3-5-12(9-13)10-17/h3-9H,11H2,1-2H3,(H,18,19). The Hall–Kier alpha value is -2.87. The van der Waals surface area contributed by atoms with Crippen molar-refractivity contribution in [2.24, 2.45) is 0 Å². The molecule has 0 radical (unpaired) electrons. The van der Waals surface area contributed by atoms with Crippen molar-refractivity contribution in [3.8, 4) is 6.07 Å². The number of benzene rings is 1. The third-order valence-electron chi connectivity index (χ3n) is 3.05. The maximum Gasteiger partial charge on any atom is 0.272 e. The molecule has 0 aliphatic heterocycles. The molecule has 106 valence electrons. The molecule has 1 aromatic heterocycles. The van der Waals surface area contributed by atoms with Gasteiger partial charge in [-0.2, -0.15) is 5.26 Å². The highest BCUT2D eigenvalue weighted by molar-refractivity contribution is 5.92. The van der Waals surface area contributed by atoms with Gasteiger partial charge in [0.25, 0.3) is 5.91 Å². The average Bonchev–Trinajstić information content (AvgIpc) is 2.54. The van der Waals surface area contributed by atoms with E-state index in [2.05, 4.69) is 16.4 Å². The maximum absolute atomic E-state index is 12.3. The van der Waals surface area contributed by atoms with Crippen LogP contribution in [0.5, 0.6) is 0 Å². The molecule has 0 saturated carbocycles. The highest BCUT2D eigenvalue weighted by atomic mass is 16.2. The SMILES string of the molecule is CNc1cccc(C(=O)N(C)Cc2cccc(C#N)c2)n1. The van der Waals surface area contributed by atoms with Gasteiger partial charge in [0.2, 0.25) is 0 Å². The van der Waals surface area contributed by atoms with Crippen LogP contribution in [0.15, 0.2) is 42.5 Å². The molecule has 0 unspecified atom stereocenters. The Kier molecular flexibility index (Phi) is 4.52. The molecule has 2 rings (SSSR count). The van der Waals surface area contributed by atoms with Crippen LogP contribution in [0.3, 0.4) is 0 Å². The fourth-order valence-corrected chi connectivity index (χ4v) is 1.97. The van der Waals surface area contributed by atoms with Gasteiger partial charge in [-0.05, 0) is 29.8 Å². The molecule has 0 fully saturated rings. The molecular weight excluding hydrogens is 264 g/mol. The third kappa shape index (κ3) is 3.57. The summed E-state index contributed by atoms with van der Waals surface area (Å²) in [5.74, 6) is 0.496. The maximum atomic E-state index is 12.3. The van der Waals surface area contributed by atoms with Gasteiger partial charge in [0, 0.05) is 20.6 Å². The molecule has 21 heavy (non-hydrogen) atoms. The summed E-state index contributed by atoms with van der Waals surface area (Å²) in [6.07, 6.45) is 0. The quantitative estimate of drug-likeness (QED) is 0.932. The van der Waals surface area contributed by atoms with E-state index >= 15 is 0 Å². The number of amides is 1. The van der Waals surface area contributed by atoms with Gasteiger partial charge in [0.1, 0.15) is 11.5 Å². The fourth-order valence-electron chi connectivity index (χ4n) is 1.97. The van der Waals surface area contributed by atoms with Crippen LogP contribution in [0, 0.1) is 11.3 Å². The van der Waals surface area contributed by atoms with E-state index in [1.807, 2.05) is 12.1 Å². The smallest absolute Gasteiger partial charge is 0.272 e. The van der Waals surface area contributed by atoms with Crippen molar-refractivity contribution in [3.63, 3.8) is 0 Å². The highest BCUT2D eigenvalue weighted by Crippen LogP contribution is 2.10. The van der Waals surface area contributed by atoms with Gasteiger partial charge >= 0.3 is 0 Å². The second-order valence-electron chi connectivity index (χ2n) is 4.63. The molecule has 0 bridgehead atoms. The summed E-state index contributed by atoms with van der Waals surface area (Å²) in [6.45, 7) is 0.430. The van der Waals surface area contributed by atoms with Gasteiger partial charge in [-0.15, -0.1) is 0 Å². The fraction of sp³-hybridized carbons (Fsp3) is 0.188. The van der Waals surface area contributed by atoms with E-state index in [0.29, 0.717) is 23.6 Å². The largest absolute Gasteiger partial charge is 0.373 e. The summed E-state index contributed by atoms with van der Waals surface area (Å²) in [6, 6.07) is 14.6. The number of anilines is 1. The Bertz CT molecular complexity index is 691. The number of rotatable bonds is 4. The minimum absolute atomic E-state index is 0.158. The van der Waals surface area contributed by atoms with E-state index in [1.54, 1.807) is 49.3 Å². The summed E-state index contributed by atoms with van der Waals surface area (Å²) >= 11 is 0. The number of hydrogen-bond donors (Lipinski definition) is 1. The number of nitrogens with zero attached hydrogens (tertiary/aromatic N) is 3. The predicted molar refractivity (Wildman–Crippen MR) is 80.7 cm³/mol. The number of aromatic nitrogens is 1. The Morgan fingerprint density at radius 2 is 2.10 bits per heavy atom. The minimum atomic E-state index is -0.158. The lowest BCUT2D eigenvalue weighted by molar-refractivity contribution is 0.0779. The zero-order valence-electron chi connectivity index (χ0n) is 12.0. The van der Waals surface area contributed by atoms with Crippen LogP contribution in [0.25, 0.3) is 0 Å². The first-order valence-corrected chi connectivity index (χ1v) is 6.53. The van der Waals surface area contributed by atoms with Crippen LogP contribution in [0.4, 0.5) is 5.82 Å². The summed E-state index contributed by atoms with van der Waals surface area (Å²) in [5, 5.41) is 11.8. The monoisotopic (exact) mass is 280 g/mol. The van der Waals surface area contributed by atoms with E-state index in [1.165, 1.54) is 0 Å². The molecule has 1 N–H and O–H groups in total. The summed E-state index contributed by atoms with van der Waals surface area (Å²) in [5.41, 5.74) is 1.89. The first-order chi connectivity index (χ1) is 10.1. The number of carbonyl (C=O) groups is 1. The van der Waals surface area contributed by atoms with Crippen molar-refractivity contribution < 1.29 is 4.79 Å². The number of pyridine rings is 1. The van der Waals surface area contributed by atoms with Crippen molar-refractivity contribution in [1.82, 2.24) is 9.88 Å². The van der Waals surface area contributed by atoms with Gasteiger partial charge in [0.15, 0.2) is 0 Å². The summed E-state index contributed by atoms with van der Waals surface area (Å²) < 4.78 is 0. The van der Waals surface area contributed by atoms with Crippen molar-refractivity contribution in [3.05, 3.63) is 59.3 Å². The number of hydrogen-bond acceptors (Lipinski definition) is 4. The van der Waals surface area contributed by atoms with Crippen molar-refractivity contribution >= 4 is 11.7 Å². The lowest BCUT2D eigenvalue weighted by Gasteiger charge is -2.17. The van der Waals surface area contributed by atoms with Crippen LogP contribution in [0.1, 0.15) is 21.6 Å². The second-order valence-corrected chi connectivity index (χ2v) is 4.63. The Morgan fingerprint density at radius 1 is 1.33 bits per heavy atom. The number of carbonyl (C=O) groups excluding carboxylic acids is 1. The Labute approximate surface area is 123 Å². The van der Waals surface area contributed by atoms with Gasteiger partial charge in [-0.25, -0.2) is 4.98 Å². The molecule has 0 atom stereocenters. The van der Waals surface area contributed by atoms with E-state index in [4.69, 9.17) is 5.26 Å². The lowest BCUT2D eigenvalue weighted by Crippen LogP contribution is -2.27. The lowest BCUT2D eigenvalue weighted by atomic mass is 10.1. The third-order valence-corrected chi connectivity index (χ3v) is 3.05. The highest BCUT2D eigenvalue weighted by Gasteiger charge is 2.14. The number of nitrogens with one attached hydrogen (secondary N) is 1. The Morgan fingerprint density at radius 3 is 2.81 bits per heavy atom. The van der Waals surface area contributed by atoms with Crippen LogP contribution >= 0.6 is 0 Å². The topological polar surface area (TPSA) is 69.0 Å². The van der Waals surface area contributed by atoms with Gasteiger partial charge in [-0.1, -0.05) is 18.2 Å². The van der Waals surface area contributed by atoms with Crippen molar-refractivity contribution in [1.29, 1.82) is 5.26 Å². The molecule has 5 heteroatoms. The van der Waals surface area contributed by atoms with Gasteiger partial charge < -0.3 is 10.2 Å². The first kappa shape index (κ1) is 14.5. The normalized spacial score (nSPS) is 9.76. The molecule has 1 heterocycles. The molecule has 0 aliphatic rings. The molecule has 1 amide bonds.